The molecule has 1 heterocycles. The summed E-state index contributed by atoms with van der Waals surface area (Å²) in [5.41, 5.74) is 1.96. The summed E-state index contributed by atoms with van der Waals surface area (Å²) in [5.74, 6) is 0.826. The normalized spacial score (nSPS) is 20.8. The Bertz CT molecular complexity index is 717. The van der Waals surface area contributed by atoms with Gasteiger partial charge >= 0.3 is 0 Å². The molecule has 1 amide bonds. The molecule has 0 unspecified atom stereocenters. The summed E-state index contributed by atoms with van der Waals surface area (Å²) in [4.78, 5) is 16.7. The van der Waals surface area contributed by atoms with Crippen molar-refractivity contribution in [1.29, 1.82) is 0 Å². The molecule has 1 fully saturated rings. The maximum Gasteiger partial charge on any atom is 0.224 e. The third-order valence-corrected chi connectivity index (χ3v) is 4.86. The van der Waals surface area contributed by atoms with Crippen molar-refractivity contribution in [3.8, 4) is 5.88 Å². The van der Waals surface area contributed by atoms with Gasteiger partial charge in [0.2, 0.25) is 11.8 Å². The molecule has 0 spiro atoms. The summed E-state index contributed by atoms with van der Waals surface area (Å²) >= 11 is 0. The van der Waals surface area contributed by atoms with Crippen LogP contribution in [0.2, 0.25) is 0 Å². The first kappa shape index (κ1) is 16.7. The Morgan fingerprint density at radius 3 is 2.88 bits per heavy atom. The third-order valence-electron chi connectivity index (χ3n) is 4.86. The van der Waals surface area contributed by atoms with Crippen molar-refractivity contribution >= 4 is 16.8 Å². The van der Waals surface area contributed by atoms with Crippen LogP contribution in [0.4, 0.5) is 0 Å². The van der Waals surface area contributed by atoms with E-state index in [-0.39, 0.29) is 17.9 Å². The molecule has 5 nitrogen and oxygen atoms in total. The number of aromatic nitrogens is 1. The van der Waals surface area contributed by atoms with E-state index in [1.807, 2.05) is 18.2 Å². The van der Waals surface area contributed by atoms with E-state index in [1.54, 1.807) is 14.2 Å². The van der Waals surface area contributed by atoms with Gasteiger partial charge in [-0.3, -0.25) is 4.79 Å². The fourth-order valence-electron chi connectivity index (χ4n) is 3.56. The van der Waals surface area contributed by atoms with Crippen molar-refractivity contribution in [1.82, 2.24) is 15.6 Å². The second-order valence-corrected chi connectivity index (χ2v) is 6.34. The zero-order valence-electron chi connectivity index (χ0n) is 14.3. The van der Waals surface area contributed by atoms with Crippen molar-refractivity contribution in [3.63, 3.8) is 0 Å². The number of fused-ring (bicyclic) bond motifs is 1. The molecule has 0 aliphatic heterocycles. The number of benzene rings is 1. The largest absolute Gasteiger partial charge is 0.481 e. The van der Waals surface area contributed by atoms with E-state index in [2.05, 4.69) is 27.8 Å². The van der Waals surface area contributed by atoms with Gasteiger partial charge in [0, 0.05) is 30.6 Å². The average molecular weight is 327 g/mol. The Hall–Kier alpha value is -2.14. The molecule has 1 saturated carbocycles. The van der Waals surface area contributed by atoms with Crippen molar-refractivity contribution in [2.45, 2.75) is 38.3 Å². The highest BCUT2D eigenvalue weighted by atomic mass is 16.5. The predicted octanol–water partition coefficient (Wildman–Crippen LogP) is 2.64. The second-order valence-electron chi connectivity index (χ2n) is 6.34. The predicted molar refractivity (Wildman–Crippen MR) is 94.9 cm³/mol. The molecule has 128 valence electrons. The van der Waals surface area contributed by atoms with Crippen molar-refractivity contribution in [3.05, 3.63) is 35.9 Å². The summed E-state index contributed by atoms with van der Waals surface area (Å²) in [7, 11) is 3.36. The third kappa shape index (κ3) is 3.51. The van der Waals surface area contributed by atoms with Crippen LogP contribution in [0.1, 0.15) is 31.2 Å². The molecule has 2 aromatic rings. The Kier molecular flexibility index (Phi) is 5.30. The fourth-order valence-corrected chi connectivity index (χ4v) is 3.56. The highest BCUT2D eigenvalue weighted by molar-refractivity contribution is 5.80. The van der Waals surface area contributed by atoms with E-state index < -0.39 is 0 Å². The molecule has 1 aromatic heterocycles. The van der Waals surface area contributed by atoms with Crippen LogP contribution in [0, 0.1) is 5.92 Å². The van der Waals surface area contributed by atoms with E-state index in [0.717, 1.165) is 42.1 Å². The lowest BCUT2D eigenvalue weighted by Crippen LogP contribution is -2.45. The van der Waals surface area contributed by atoms with Crippen molar-refractivity contribution in [2.75, 3.05) is 14.2 Å². The summed E-state index contributed by atoms with van der Waals surface area (Å²) in [6.07, 6.45) is 4.27. The summed E-state index contributed by atoms with van der Waals surface area (Å²) in [6, 6.07) is 10.3. The Balaban J connectivity index is 1.77. The monoisotopic (exact) mass is 327 g/mol. The molecule has 2 N–H and O–H groups in total. The minimum absolute atomic E-state index is 0.0446. The number of carbonyl (C=O) groups excluding carboxylic acids is 1. The van der Waals surface area contributed by atoms with E-state index in [1.165, 1.54) is 0 Å². The van der Waals surface area contributed by atoms with Crippen molar-refractivity contribution in [2.24, 2.45) is 5.92 Å². The number of rotatable bonds is 5. The Morgan fingerprint density at radius 1 is 1.29 bits per heavy atom. The van der Waals surface area contributed by atoms with E-state index in [4.69, 9.17) is 4.74 Å². The van der Waals surface area contributed by atoms with Gasteiger partial charge in [-0.1, -0.05) is 31.0 Å². The van der Waals surface area contributed by atoms with Crippen LogP contribution in [0.25, 0.3) is 10.9 Å². The molecule has 1 aliphatic rings. The number of hydrogen-bond acceptors (Lipinski definition) is 4. The van der Waals surface area contributed by atoms with Crippen LogP contribution in [0.3, 0.4) is 0 Å². The van der Waals surface area contributed by atoms with E-state index >= 15 is 0 Å². The number of nitrogens with one attached hydrogen (secondary N) is 2. The zero-order chi connectivity index (χ0) is 16.9. The first-order valence-electron chi connectivity index (χ1n) is 8.60. The van der Waals surface area contributed by atoms with Gasteiger partial charge in [-0.05, 0) is 25.0 Å². The summed E-state index contributed by atoms with van der Waals surface area (Å²) in [6.45, 7) is 0.652. The van der Waals surface area contributed by atoms with Gasteiger partial charge in [-0.2, -0.15) is 0 Å². The average Bonchev–Trinajstić information content (AvgIpc) is 2.65. The number of hydrogen-bond donors (Lipinski definition) is 2. The molecule has 5 heteroatoms. The molecule has 1 aromatic carbocycles. The van der Waals surface area contributed by atoms with Gasteiger partial charge < -0.3 is 15.4 Å². The minimum atomic E-state index is 0.0446. The van der Waals surface area contributed by atoms with Crippen molar-refractivity contribution < 1.29 is 9.53 Å². The van der Waals surface area contributed by atoms with Gasteiger partial charge in [0.1, 0.15) is 0 Å². The van der Waals surface area contributed by atoms with E-state index in [0.29, 0.717) is 12.4 Å². The quantitative estimate of drug-likeness (QED) is 0.886. The Morgan fingerprint density at radius 2 is 2.08 bits per heavy atom. The van der Waals surface area contributed by atoms with Crippen LogP contribution in [-0.2, 0) is 11.3 Å². The smallest absolute Gasteiger partial charge is 0.224 e. The minimum Gasteiger partial charge on any atom is -0.481 e. The zero-order valence-corrected chi connectivity index (χ0v) is 14.3. The first-order chi connectivity index (χ1) is 11.7. The molecule has 2 atom stereocenters. The molecule has 0 bridgehead atoms. The van der Waals surface area contributed by atoms with Gasteiger partial charge in [0.25, 0.3) is 0 Å². The number of ether oxygens (including phenoxy) is 1. The lowest BCUT2D eigenvalue weighted by Gasteiger charge is -2.31. The highest BCUT2D eigenvalue weighted by Gasteiger charge is 2.30. The molecular formula is C19H25N3O2. The number of pyridine rings is 1. The summed E-state index contributed by atoms with van der Waals surface area (Å²) < 4.78 is 5.46. The number of methoxy groups -OCH3 is 1. The van der Waals surface area contributed by atoms with Crippen LogP contribution in [-0.4, -0.2) is 31.1 Å². The van der Waals surface area contributed by atoms with Gasteiger partial charge in [0.15, 0.2) is 0 Å². The molecule has 3 rings (SSSR count). The molecular weight excluding hydrogens is 302 g/mol. The topological polar surface area (TPSA) is 63.2 Å². The Labute approximate surface area is 142 Å². The lowest BCUT2D eigenvalue weighted by molar-refractivity contribution is -0.126. The van der Waals surface area contributed by atoms with Crippen LogP contribution < -0.4 is 15.4 Å². The molecule has 1 aliphatic carbocycles. The standard InChI is InChI=1S/C19H25N3O2/c1-20-18(23)15-8-4-6-10-17(15)21-12-14-11-13-7-3-5-9-16(13)22-19(14)24-2/h3,5,7,9,11,15,17,21H,4,6,8,10,12H2,1-2H3,(H,20,23)/t15-,17+/m1/s1. The molecule has 24 heavy (non-hydrogen) atoms. The van der Waals surface area contributed by atoms with E-state index in [9.17, 15) is 4.79 Å². The number of nitrogens with zero attached hydrogens (tertiary/aromatic N) is 1. The van der Waals surface area contributed by atoms with Gasteiger partial charge in [0.05, 0.1) is 18.5 Å². The summed E-state index contributed by atoms with van der Waals surface area (Å²) in [5, 5.41) is 7.45. The fraction of sp³-hybridized carbons (Fsp3) is 0.474. The lowest BCUT2D eigenvalue weighted by atomic mass is 9.83. The molecule has 0 radical (unpaired) electrons. The molecule has 0 saturated heterocycles. The second kappa shape index (κ2) is 7.62. The van der Waals surface area contributed by atoms with Gasteiger partial charge in [-0.15, -0.1) is 0 Å². The SMILES string of the molecule is CNC(=O)[C@@H]1CCCC[C@@H]1NCc1cc2ccccc2nc1OC. The highest BCUT2D eigenvalue weighted by Crippen LogP contribution is 2.26. The first-order valence-corrected chi connectivity index (χ1v) is 8.60. The number of para-hydroxylation sites is 1. The number of carbonyl (C=O) groups is 1. The van der Waals surface area contributed by atoms with Gasteiger partial charge in [-0.25, -0.2) is 4.98 Å². The van der Waals surface area contributed by atoms with Crippen LogP contribution in [0.15, 0.2) is 30.3 Å². The van der Waals surface area contributed by atoms with Crippen LogP contribution >= 0.6 is 0 Å². The maximum atomic E-state index is 12.1. The van der Waals surface area contributed by atoms with Crippen LogP contribution in [0.5, 0.6) is 5.88 Å². The number of amides is 1. The maximum absolute atomic E-state index is 12.1.